The van der Waals surface area contributed by atoms with Gasteiger partial charge in [0.1, 0.15) is 17.0 Å². The molecule has 1 aromatic heterocycles. The van der Waals surface area contributed by atoms with Crippen LogP contribution in [0.5, 0.6) is 0 Å². The molecule has 0 radical (unpaired) electrons. The van der Waals surface area contributed by atoms with Gasteiger partial charge < -0.3 is 4.90 Å². The number of hydrogen-bond donors (Lipinski definition) is 0. The van der Waals surface area contributed by atoms with Crippen molar-refractivity contribution in [1.29, 1.82) is 0 Å². The lowest BCUT2D eigenvalue weighted by Crippen LogP contribution is -2.73. The molecule has 0 aliphatic carbocycles. The van der Waals surface area contributed by atoms with E-state index in [1.807, 2.05) is 6.07 Å². The van der Waals surface area contributed by atoms with Gasteiger partial charge in [-0.25, -0.2) is 23.5 Å². The predicted octanol–water partition coefficient (Wildman–Crippen LogP) is 3.72. The third kappa shape index (κ3) is 3.86. The van der Waals surface area contributed by atoms with Crippen LogP contribution in [0.25, 0.3) is 0 Å². The van der Waals surface area contributed by atoms with Crippen LogP contribution in [0.4, 0.5) is 25.1 Å². The average Bonchev–Trinajstić information content (AvgIpc) is 2.86. The van der Waals surface area contributed by atoms with E-state index in [2.05, 4.69) is 16.8 Å². The largest absolute Gasteiger partial charge is 0.332 e. The summed E-state index contributed by atoms with van der Waals surface area (Å²) < 4.78 is 30.2. The zero-order chi connectivity index (χ0) is 25.4. The second-order valence-electron chi connectivity index (χ2n) is 8.66. The average molecular weight is 486 g/mol. The van der Waals surface area contributed by atoms with E-state index in [0.29, 0.717) is 16.3 Å². The number of urea groups is 1. The maximum atomic E-state index is 15.1. The standard InChI is InChI=1S/C27H20F2N4O3/c1-27-17-23(34)33(26(36)32(27)14-13-31(25(27)35)22-9-5-6-12-30-22)24-20(28)15-19(16-21(24)29)11-10-18-7-3-2-4-8-18/h2-9,12,15-16H,13-14,17H2,1H3/t27-/m0/s1. The Labute approximate surface area is 205 Å². The molecule has 4 amide bonds. The van der Waals surface area contributed by atoms with Gasteiger partial charge in [-0.3, -0.25) is 14.5 Å². The van der Waals surface area contributed by atoms with Crippen LogP contribution in [0.3, 0.4) is 0 Å². The number of carbonyl (C=O) groups is 3. The van der Waals surface area contributed by atoms with Crippen LogP contribution in [0.1, 0.15) is 24.5 Å². The van der Waals surface area contributed by atoms with Crippen molar-refractivity contribution >= 4 is 29.4 Å². The number of rotatable bonds is 2. The second-order valence-corrected chi connectivity index (χ2v) is 8.66. The van der Waals surface area contributed by atoms with Crippen LogP contribution >= 0.6 is 0 Å². The van der Waals surface area contributed by atoms with Crippen molar-refractivity contribution in [3.05, 3.63) is 89.6 Å². The highest BCUT2D eigenvalue weighted by Gasteiger charge is 2.56. The molecule has 180 valence electrons. The molecule has 3 aromatic rings. The van der Waals surface area contributed by atoms with Crippen LogP contribution in [0.15, 0.2) is 66.9 Å². The first kappa shape index (κ1) is 23.2. The summed E-state index contributed by atoms with van der Waals surface area (Å²) in [7, 11) is 0. The second kappa shape index (κ2) is 8.89. The number of halogens is 2. The van der Waals surface area contributed by atoms with E-state index < -0.39 is 47.1 Å². The van der Waals surface area contributed by atoms with E-state index in [-0.39, 0.29) is 18.7 Å². The monoisotopic (exact) mass is 486 g/mol. The number of pyridine rings is 1. The number of hydrogen-bond acceptors (Lipinski definition) is 4. The predicted molar refractivity (Wildman–Crippen MR) is 128 cm³/mol. The minimum atomic E-state index is -1.51. The Morgan fingerprint density at radius 1 is 0.889 bits per heavy atom. The van der Waals surface area contributed by atoms with Gasteiger partial charge in [-0.05, 0) is 43.3 Å². The lowest BCUT2D eigenvalue weighted by atomic mass is 9.88. The van der Waals surface area contributed by atoms with Crippen molar-refractivity contribution in [1.82, 2.24) is 9.88 Å². The van der Waals surface area contributed by atoms with Crippen LogP contribution in [-0.2, 0) is 9.59 Å². The molecule has 2 aliphatic heterocycles. The number of piperazine rings is 1. The molecule has 2 saturated heterocycles. The summed E-state index contributed by atoms with van der Waals surface area (Å²) in [6, 6.07) is 15.0. The fourth-order valence-electron chi connectivity index (χ4n) is 4.50. The summed E-state index contributed by atoms with van der Waals surface area (Å²) in [6.07, 6.45) is 1.10. The molecule has 7 nitrogen and oxygen atoms in total. The van der Waals surface area contributed by atoms with E-state index in [1.54, 1.807) is 42.5 Å². The van der Waals surface area contributed by atoms with Gasteiger partial charge in [-0.1, -0.05) is 36.1 Å². The number of aromatic nitrogens is 1. The van der Waals surface area contributed by atoms with Gasteiger partial charge in [0.25, 0.3) is 5.91 Å². The van der Waals surface area contributed by atoms with Crippen molar-refractivity contribution in [3.63, 3.8) is 0 Å². The summed E-state index contributed by atoms with van der Waals surface area (Å²) in [5, 5.41) is 0. The number of carbonyl (C=O) groups excluding carboxylic acids is 3. The fourth-order valence-corrected chi connectivity index (χ4v) is 4.50. The Bertz CT molecular complexity index is 1410. The molecule has 2 aromatic carbocycles. The summed E-state index contributed by atoms with van der Waals surface area (Å²) >= 11 is 0. The highest BCUT2D eigenvalue weighted by atomic mass is 19.1. The van der Waals surface area contributed by atoms with Crippen LogP contribution < -0.4 is 9.80 Å². The summed E-state index contributed by atoms with van der Waals surface area (Å²) in [5.41, 5.74) is -1.57. The zero-order valence-corrected chi connectivity index (χ0v) is 19.2. The van der Waals surface area contributed by atoms with Gasteiger partial charge in [-0.15, -0.1) is 0 Å². The maximum absolute atomic E-state index is 15.1. The third-order valence-electron chi connectivity index (χ3n) is 6.31. The first-order valence-corrected chi connectivity index (χ1v) is 11.2. The Balaban J connectivity index is 1.45. The molecule has 2 fully saturated rings. The quantitative estimate of drug-likeness (QED) is 0.518. The summed E-state index contributed by atoms with van der Waals surface area (Å²) in [5.74, 6) is 2.33. The fraction of sp³-hybridized carbons (Fsp3) is 0.185. The van der Waals surface area contributed by atoms with Gasteiger partial charge in [0, 0.05) is 30.4 Å². The van der Waals surface area contributed by atoms with Gasteiger partial charge in [0.05, 0.1) is 6.42 Å². The number of anilines is 2. The normalized spacial score (nSPS) is 19.6. The molecule has 9 heteroatoms. The van der Waals surface area contributed by atoms with E-state index >= 15 is 8.78 Å². The molecule has 5 rings (SSSR count). The maximum Gasteiger partial charge on any atom is 0.332 e. The van der Waals surface area contributed by atoms with Crippen molar-refractivity contribution in [3.8, 4) is 11.8 Å². The molecule has 1 atom stereocenters. The van der Waals surface area contributed by atoms with Gasteiger partial charge >= 0.3 is 6.03 Å². The lowest BCUT2D eigenvalue weighted by Gasteiger charge is -2.51. The van der Waals surface area contributed by atoms with Crippen molar-refractivity contribution in [2.45, 2.75) is 18.9 Å². The van der Waals surface area contributed by atoms with E-state index in [0.717, 1.165) is 12.1 Å². The van der Waals surface area contributed by atoms with Crippen LogP contribution in [0.2, 0.25) is 0 Å². The Hall–Kier alpha value is -4.58. The van der Waals surface area contributed by atoms with Gasteiger partial charge in [0.15, 0.2) is 11.6 Å². The Morgan fingerprint density at radius 2 is 1.56 bits per heavy atom. The SMILES string of the molecule is C[C@@]12CC(=O)N(c3c(F)cc(C#Cc4ccccc4)cc3F)C(=O)N1CCN(c1ccccn1)C2=O. The molecule has 36 heavy (non-hydrogen) atoms. The molecule has 0 saturated carbocycles. The molecule has 0 unspecified atom stereocenters. The first-order valence-electron chi connectivity index (χ1n) is 11.2. The molecule has 0 N–H and O–H groups in total. The van der Waals surface area contributed by atoms with E-state index in [4.69, 9.17) is 0 Å². The number of imide groups is 1. The highest BCUT2D eigenvalue weighted by molar-refractivity contribution is 6.20. The number of fused-ring (bicyclic) bond motifs is 1. The summed E-state index contributed by atoms with van der Waals surface area (Å²) in [4.78, 5) is 47.0. The van der Waals surface area contributed by atoms with Crippen molar-refractivity contribution in [2.75, 3.05) is 22.9 Å². The Kier molecular flexibility index (Phi) is 5.72. The van der Waals surface area contributed by atoms with E-state index in [1.165, 1.54) is 22.9 Å². The topological polar surface area (TPSA) is 73.8 Å². The smallest absolute Gasteiger partial charge is 0.307 e. The van der Waals surface area contributed by atoms with Gasteiger partial charge in [0.2, 0.25) is 5.91 Å². The lowest BCUT2D eigenvalue weighted by molar-refractivity contribution is -0.137. The highest BCUT2D eigenvalue weighted by Crippen LogP contribution is 2.37. The minimum Gasteiger partial charge on any atom is -0.307 e. The van der Waals surface area contributed by atoms with E-state index in [9.17, 15) is 14.4 Å². The van der Waals surface area contributed by atoms with Crippen LogP contribution in [0, 0.1) is 23.5 Å². The molecule has 0 spiro atoms. The third-order valence-corrected chi connectivity index (χ3v) is 6.31. The molecule has 0 bridgehead atoms. The van der Waals surface area contributed by atoms with Crippen molar-refractivity contribution < 1.29 is 23.2 Å². The van der Waals surface area contributed by atoms with Crippen molar-refractivity contribution in [2.24, 2.45) is 0 Å². The zero-order valence-electron chi connectivity index (χ0n) is 19.2. The van der Waals surface area contributed by atoms with Gasteiger partial charge in [-0.2, -0.15) is 0 Å². The summed E-state index contributed by atoms with van der Waals surface area (Å²) in [6.45, 7) is 1.66. The molecule has 2 aliphatic rings. The molecule has 3 heterocycles. The Morgan fingerprint density at radius 3 is 2.22 bits per heavy atom. The first-order chi connectivity index (χ1) is 17.3. The van der Waals surface area contributed by atoms with Crippen LogP contribution in [-0.4, -0.2) is 46.4 Å². The number of nitrogens with zero attached hydrogens (tertiary/aromatic N) is 4. The number of benzene rings is 2. The molecular formula is C27H20F2N4O3. The molecular weight excluding hydrogens is 466 g/mol. The minimum absolute atomic E-state index is 0.0542. The number of amides is 4.